The molecule has 2 amide bonds. The molecule has 6 heteroatoms. The maximum absolute atomic E-state index is 11.6. The van der Waals surface area contributed by atoms with Gasteiger partial charge in [0.2, 0.25) is 5.91 Å². The molecule has 1 aliphatic heterocycles. The van der Waals surface area contributed by atoms with Crippen LogP contribution in [0.25, 0.3) is 0 Å². The van der Waals surface area contributed by atoms with E-state index in [2.05, 4.69) is 33.2 Å². The average molecular weight is 360 g/mol. The van der Waals surface area contributed by atoms with Crippen molar-refractivity contribution >= 4 is 34.4 Å². The zero-order valence-corrected chi connectivity index (χ0v) is 11.7. The van der Waals surface area contributed by atoms with Gasteiger partial charge < -0.3 is 15.4 Å². The minimum absolute atomic E-state index is 0.0266. The lowest BCUT2D eigenvalue weighted by atomic mass is 10.0. The van der Waals surface area contributed by atoms with E-state index in [-0.39, 0.29) is 24.5 Å². The molecule has 96 valence electrons. The summed E-state index contributed by atoms with van der Waals surface area (Å²) in [5.74, 6) is 0.217. The summed E-state index contributed by atoms with van der Waals surface area (Å²) in [7, 11) is 0. The molecule has 0 aromatic heterocycles. The van der Waals surface area contributed by atoms with Gasteiger partial charge in [-0.05, 0) is 12.1 Å². The number of benzene rings is 1. The van der Waals surface area contributed by atoms with Crippen molar-refractivity contribution in [1.82, 2.24) is 10.6 Å². The molecule has 1 saturated heterocycles. The second-order valence-electron chi connectivity index (χ2n) is 3.92. The molecule has 0 unspecified atom stereocenters. The standard InChI is InChI=1S/C12H13IN2O3/c13-6-9-11(12(17)14-9)15-10(16)7-18-8-4-2-1-3-5-8/h1-5,9,11H,6-7H2,(H,14,17)(H,15,16)/t9-,11+/m1/s1. The summed E-state index contributed by atoms with van der Waals surface area (Å²) < 4.78 is 6.07. The van der Waals surface area contributed by atoms with Gasteiger partial charge in [0, 0.05) is 4.43 Å². The van der Waals surface area contributed by atoms with Crippen molar-refractivity contribution in [1.29, 1.82) is 0 Å². The second-order valence-corrected chi connectivity index (χ2v) is 4.80. The first kappa shape index (κ1) is 13.1. The normalized spacial score (nSPS) is 21.7. The van der Waals surface area contributed by atoms with Crippen LogP contribution in [0.5, 0.6) is 5.75 Å². The van der Waals surface area contributed by atoms with Gasteiger partial charge in [-0.15, -0.1) is 0 Å². The van der Waals surface area contributed by atoms with Crippen molar-refractivity contribution in [3.05, 3.63) is 30.3 Å². The van der Waals surface area contributed by atoms with Crippen LogP contribution < -0.4 is 15.4 Å². The molecule has 0 saturated carbocycles. The fourth-order valence-electron chi connectivity index (χ4n) is 1.62. The Kier molecular flexibility index (Phi) is 4.40. The Hall–Kier alpha value is -1.31. The van der Waals surface area contributed by atoms with Gasteiger partial charge in [-0.3, -0.25) is 9.59 Å². The van der Waals surface area contributed by atoms with Gasteiger partial charge in [0.1, 0.15) is 11.8 Å². The Labute approximate surface area is 118 Å². The van der Waals surface area contributed by atoms with Crippen LogP contribution in [-0.2, 0) is 9.59 Å². The number of para-hydroxylation sites is 1. The summed E-state index contributed by atoms with van der Waals surface area (Å²) in [6.45, 7) is -0.0816. The summed E-state index contributed by atoms with van der Waals surface area (Å²) in [6, 6.07) is 8.69. The number of halogens is 1. The van der Waals surface area contributed by atoms with Gasteiger partial charge in [-0.25, -0.2) is 0 Å². The SMILES string of the molecule is O=C(COc1ccccc1)N[C@@H]1C(=O)N[C@@H]1CI. The largest absolute Gasteiger partial charge is 0.484 e. The van der Waals surface area contributed by atoms with E-state index in [1.165, 1.54) is 0 Å². The van der Waals surface area contributed by atoms with Crippen LogP contribution >= 0.6 is 22.6 Å². The molecule has 1 aromatic rings. The van der Waals surface area contributed by atoms with Gasteiger partial charge in [0.25, 0.3) is 5.91 Å². The quantitative estimate of drug-likeness (QED) is 0.456. The van der Waals surface area contributed by atoms with Gasteiger partial charge >= 0.3 is 0 Å². The molecule has 5 nitrogen and oxygen atoms in total. The van der Waals surface area contributed by atoms with Crippen LogP contribution in [0.15, 0.2) is 30.3 Å². The van der Waals surface area contributed by atoms with Crippen LogP contribution in [0.2, 0.25) is 0 Å². The number of amides is 2. The van der Waals surface area contributed by atoms with E-state index in [1.807, 2.05) is 18.2 Å². The highest BCUT2D eigenvalue weighted by atomic mass is 127. The Morgan fingerprint density at radius 3 is 2.72 bits per heavy atom. The van der Waals surface area contributed by atoms with Gasteiger partial charge in [0.05, 0.1) is 6.04 Å². The van der Waals surface area contributed by atoms with Crippen LogP contribution in [0, 0.1) is 0 Å². The van der Waals surface area contributed by atoms with Crippen molar-refractivity contribution < 1.29 is 14.3 Å². The number of hydrogen-bond donors (Lipinski definition) is 2. The molecule has 0 spiro atoms. The summed E-state index contributed by atoms with van der Waals surface area (Å²) in [5, 5.41) is 5.38. The second kappa shape index (κ2) is 6.03. The fourth-order valence-corrected chi connectivity index (χ4v) is 2.35. The summed E-state index contributed by atoms with van der Waals surface area (Å²) in [4.78, 5) is 22.8. The Morgan fingerprint density at radius 1 is 1.39 bits per heavy atom. The first-order valence-electron chi connectivity index (χ1n) is 5.54. The monoisotopic (exact) mass is 360 g/mol. The molecule has 1 aliphatic rings. The van der Waals surface area contributed by atoms with Gasteiger partial charge in [-0.1, -0.05) is 40.8 Å². The van der Waals surface area contributed by atoms with Crippen LogP contribution in [0.3, 0.4) is 0 Å². The maximum Gasteiger partial charge on any atom is 0.258 e. The number of nitrogens with one attached hydrogen (secondary N) is 2. The number of carbonyl (C=O) groups excluding carboxylic acids is 2. The topological polar surface area (TPSA) is 67.4 Å². The predicted octanol–water partition coefficient (Wildman–Crippen LogP) is 0.484. The van der Waals surface area contributed by atoms with Crippen molar-refractivity contribution in [3.8, 4) is 5.75 Å². The molecule has 2 N–H and O–H groups in total. The lowest BCUT2D eigenvalue weighted by Gasteiger charge is -2.35. The molecule has 0 bridgehead atoms. The molecule has 1 heterocycles. The highest BCUT2D eigenvalue weighted by molar-refractivity contribution is 14.1. The lowest BCUT2D eigenvalue weighted by molar-refractivity contribution is -0.136. The number of ether oxygens (including phenoxy) is 1. The summed E-state index contributed by atoms with van der Waals surface area (Å²) in [6.07, 6.45) is 0. The third-order valence-corrected chi connectivity index (χ3v) is 3.56. The van der Waals surface area contributed by atoms with Crippen molar-refractivity contribution in [2.45, 2.75) is 12.1 Å². The van der Waals surface area contributed by atoms with Crippen LogP contribution in [-0.4, -0.2) is 34.9 Å². The lowest BCUT2D eigenvalue weighted by Crippen LogP contribution is -2.70. The Balaban J connectivity index is 1.77. The first-order valence-corrected chi connectivity index (χ1v) is 7.07. The van der Waals surface area contributed by atoms with Gasteiger partial charge in [0.15, 0.2) is 6.61 Å². The smallest absolute Gasteiger partial charge is 0.258 e. The summed E-state index contributed by atoms with van der Waals surface area (Å²) in [5.41, 5.74) is 0. The number of rotatable bonds is 5. The van der Waals surface area contributed by atoms with Crippen LogP contribution in [0.1, 0.15) is 0 Å². The van der Waals surface area contributed by atoms with Crippen LogP contribution in [0.4, 0.5) is 0 Å². The highest BCUT2D eigenvalue weighted by Gasteiger charge is 2.39. The molecule has 1 fully saturated rings. The van der Waals surface area contributed by atoms with Crippen molar-refractivity contribution in [2.24, 2.45) is 0 Å². The van der Waals surface area contributed by atoms with Crippen molar-refractivity contribution in [3.63, 3.8) is 0 Å². The molecule has 2 rings (SSSR count). The number of carbonyl (C=O) groups is 2. The van der Waals surface area contributed by atoms with E-state index in [4.69, 9.17) is 4.74 Å². The molecule has 2 atom stereocenters. The Morgan fingerprint density at radius 2 is 2.11 bits per heavy atom. The molecule has 18 heavy (non-hydrogen) atoms. The molecular formula is C12H13IN2O3. The average Bonchev–Trinajstić information content (AvgIpc) is 2.41. The van der Waals surface area contributed by atoms with E-state index < -0.39 is 6.04 Å². The third kappa shape index (κ3) is 3.12. The predicted molar refractivity (Wildman–Crippen MR) is 74.7 cm³/mol. The maximum atomic E-state index is 11.6. The molecule has 1 aromatic carbocycles. The van der Waals surface area contributed by atoms with Crippen molar-refractivity contribution in [2.75, 3.05) is 11.0 Å². The van der Waals surface area contributed by atoms with Gasteiger partial charge in [-0.2, -0.15) is 0 Å². The van der Waals surface area contributed by atoms with E-state index in [1.54, 1.807) is 12.1 Å². The molecular weight excluding hydrogens is 347 g/mol. The number of alkyl halides is 1. The zero-order valence-electron chi connectivity index (χ0n) is 9.56. The summed E-state index contributed by atoms with van der Waals surface area (Å²) >= 11 is 2.17. The fraction of sp³-hybridized carbons (Fsp3) is 0.333. The molecule has 0 aliphatic carbocycles. The zero-order chi connectivity index (χ0) is 13.0. The van der Waals surface area contributed by atoms with E-state index >= 15 is 0 Å². The van der Waals surface area contributed by atoms with E-state index in [0.717, 1.165) is 4.43 Å². The number of hydrogen-bond acceptors (Lipinski definition) is 3. The first-order chi connectivity index (χ1) is 8.70. The highest BCUT2D eigenvalue weighted by Crippen LogP contribution is 2.10. The number of β-lactam (4-membered cyclic amide) rings is 1. The minimum Gasteiger partial charge on any atom is -0.484 e. The molecule has 0 radical (unpaired) electrons. The Bertz CT molecular complexity index is 438. The third-order valence-electron chi connectivity index (χ3n) is 2.61. The van der Waals surface area contributed by atoms with E-state index in [9.17, 15) is 9.59 Å². The minimum atomic E-state index is -0.422. The van der Waals surface area contributed by atoms with E-state index in [0.29, 0.717) is 5.75 Å².